The van der Waals surface area contributed by atoms with E-state index in [9.17, 15) is 19.2 Å². The molecule has 2 heterocycles. The monoisotopic (exact) mass is 543 g/mol. The molecule has 10 heteroatoms. The number of fused-ring (bicyclic) bond motifs is 1. The Morgan fingerprint density at radius 2 is 1.92 bits per heavy atom. The molecule has 1 aromatic carbocycles. The summed E-state index contributed by atoms with van der Waals surface area (Å²) in [5.41, 5.74) is -0.0686. The number of carbonyl (C=O) groups is 4. The second kappa shape index (κ2) is 11.3. The molecule has 1 saturated heterocycles. The molecular weight excluding hydrogens is 509 g/mol. The number of amides is 2. The van der Waals surface area contributed by atoms with Crippen LogP contribution in [0.2, 0.25) is 0 Å². The zero-order chi connectivity index (χ0) is 28.0. The normalized spacial score (nSPS) is 23.9. The van der Waals surface area contributed by atoms with Crippen molar-refractivity contribution in [3.8, 4) is 5.75 Å². The Hall–Kier alpha value is -2.88. The number of aromatic nitrogens is 1. The van der Waals surface area contributed by atoms with E-state index in [0.717, 1.165) is 5.56 Å². The van der Waals surface area contributed by atoms with Gasteiger partial charge in [-0.05, 0) is 64.4 Å². The fourth-order valence-electron chi connectivity index (χ4n) is 4.89. The van der Waals surface area contributed by atoms with E-state index in [1.165, 1.54) is 17.9 Å². The summed E-state index contributed by atoms with van der Waals surface area (Å²) < 4.78 is 11.9. The van der Waals surface area contributed by atoms with Crippen LogP contribution in [0.1, 0.15) is 56.6 Å². The third kappa shape index (κ3) is 6.48. The predicted octanol–water partition coefficient (Wildman–Crippen LogP) is 0.971. The first kappa shape index (κ1) is 30.7. The van der Waals surface area contributed by atoms with Crippen molar-refractivity contribution in [3.05, 3.63) is 55.1 Å². The Balaban J connectivity index is 0.00000420. The molecule has 39 heavy (non-hydrogen) atoms. The van der Waals surface area contributed by atoms with Crippen LogP contribution in [0.4, 0.5) is 4.79 Å². The van der Waals surface area contributed by atoms with Crippen LogP contribution >= 0.6 is 0 Å². The molecule has 2 amide bonds. The average Bonchev–Trinajstić information content (AvgIpc) is 3.37. The maximum atomic E-state index is 13.5. The molecule has 2 fully saturated rings. The molecular formula is C29H34N3NaO6. The van der Waals surface area contributed by atoms with Gasteiger partial charge in [-0.15, -0.1) is 6.58 Å². The van der Waals surface area contributed by atoms with Gasteiger partial charge >= 0.3 is 35.7 Å². The van der Waals surface area contributed by atoms with Gasteiger partial charge in [-0.25, -0.2) is 4.79 Å². The van der Waals surface area contributed by atoms with Gasteiger partial charge in [-0.3, -0.25) is 14.5 Å². The fourth-order valence-corrected chi connectivity index (χ4v) is 4.89. The molecule has 0 unspecified atom stereocenters. The van der Waals surface area contributed by atoms with E-state index < -0.39 is 41.1 Å². The SMILES string of the molecule is C=C[C@@H]1C[C@]1(NC(=O)[C@@H]1C[C@@H](Oc2cc(C([CH2-])=O)nc3cc(C)ccc23)CN1C(=O)OC(C)(C)C)C(C)=O.[Na+]. The second-order valence-electron chi connectivity index (χ2n) is 11.1. The van der Waals surface area contributed by atoms with Crippen molar-refractivity contribution >= 4 is 34.5 Å². The van der Waals surface area contributed by atoms with Gasteiger partial charge in [0.2, 0.25) is 5.91 Å². The van der Waals surface area contributed by atoms with E-state index in [-0.39, 0.29) is 59.9 Å². The number of ether oxygens (including phenoxy) is 2. The molecule has 0 radical (unpaired) electrons. The Labute approximate surface area is 251 Å². The van der Waals surface area contributed by atoms with Crippen molar-refractivity contribution in [2.45, 2.75) is 70.7 Å². The molecule has 1 aliphatic heterocycles. The number of Topliss-reactive ketones (excluding diaryl/α,β-unsaturated/α-hetero) is 2. The van der Waals surface area contributed by atoms with Gasteiger partial charge in [0.05, 0.1) is 12.1 Å². The van der Waals surface area contributed by atoms with Gasteiger partial charge < -0.3 is 24.6 Å². The summed E-state index contributed by atoms with van der Waals surface area (Å²) in [6.07, 6.45) is 1.06. The molecule has 2 aromatic rings. The molecule has 9 nitrogen and oxygen atoms in total. The number of ketones is 2. The number of nitrogens with zero attached hydrogens (tertiary/aromatic N) is 2. The number of nitrogens with one attached hydrogen (secondary N) is 1. The van der Waals surface area contributed by atoms with Gasteiger partial charge in [0.1, 0.15) is 29.0 Å². The zero-order valence-electron chi connectivity index (χ0n) is 23.5. The van der Waals surface area contributed by atoms with Gasteiger partial charge in [0.15, 0.2) is 5.78 Å². The zero-order valence-corrected chi connectivity index (χ0v) is 25.5. The van der Waals surface area contributed by atoms with Crippen LogP contribution in [-0.4, -0.2) is 63.3 Å². The summed E-state index contributed by atoms with van der Waals surface area (Å²) in [6, 6.07) is 6.23. The van der Waals surface area contributed by atoms with Gasteiger partial charge in [-0.2, -0.15) is 6.92 Å². The van der Waals surface area contributed by atoms with Crippen LogP contribution in [0.25, 0.3) is 10.9 Å². The minimum absolute atomic E-state index is 0. The molecule has 0 bridgehead atoms. The molecule has 4 rings (SSSR count). The van der Waals surface area contributed by atoms with Crippen LogP contribution in [-0.2, 0) is 14.3 Å². The number of hydrogen-bond donors (Lipinski definition) is 1. The molecule has 1 saturated carbocycles. The largest absolute Gasteiger partial charge is 1.00 e. The third-order valence-corrected chi connectivity index (χ3v) is 6.97. The smallest absolute Gasteiger partial charge is 0.489 e. The summed E-state index contributed by atoms with van der Waals surface area (Å²) in [7, 11) is 0. The Kier molecular flexibility index (Phi) is 8.89. The summed E-state index contributed by atoms with van der Waals surface area (Å²) in [5.74, 6) is -0.809. The van der Waals surface area contributed by atoms with E-state index in [1.54, 1.807) is 26.8 Å². The topological polar surface area (TPSA) is 115 Å². The van der Waals surface area contributed by atoms with Crippen LogP contribution in [0, 0.1) is 19.8 Å². The third-order valence-electron chi connectivity index (χ3n) is 6.97. The Morgan fingerprint density at radius 3 is 2.49 bits per heavy atom. The number of benzene rings is 1. The fraction of sp³-hybridized carbons (Fsp3) is 0.448. The summed E-state index contributed by atoms with van der Waals surface area (Å²) in [5, 5.41) is 3.57. The van der Waals surface area contributed by atoms with Crippen LogP contribution in [0.5, 0.6) is 5.75 Å². The van der Waals surface area contributed by atoms with Gasteiger partial charge in [0, 0.05) is 23.5 Å². The van der Waals surface area contributed by atoms with Crippen LogP contribution < -0.4 is 39.6 Å². The number of hydrogen-bond acceptors (Lipinski definition) is 7. The van der Waals surface area contributed by atoms with E-state index in [0.29, 0.717) is 23.1 Å². The Bertz CT molecular complexity index is 1340. The first-order valence-electron chi connectivity index (χ1n) is 12.6. The van der Waals surface area contributed by atoms with Crippen molar-refractivity contribution in [1.82, 2.24) is 15.2 Å². The van der Waals surface area contributed by atoms with E-state index in [2.05, 4.69) is 23.8 Å². The van der Waals surface area contributed by atoms with Crippen molar-refractivity contribution in [2.24, 2.45) is 5.92 Å². The quantitative estimate of drug-likeness (QED) is 0.240. The maximum absolute atomic E-state index is 13.5. The molecule has 2 aliphatic rings. The molecule has 1 aromatic heterocycles. The first-order chi connectivity index (χ1) is 17.7. The van der Waals surface area contributed by atoms with Crippen molar-refractivity contribution in [2.75, 3.05) is 6.54 Å². The number of carbonyl (C=O) groups excluding carboxylic acids is 4. The summed E-state index contributed by atoms with van der Waals surface area (Å²) in [4.78, 5) is 56.7. The number of aryl methyl sites for hydroxylation is 1. The minimum atomic E-state index is -1.00. The first-order valence-corrected chi connectivity index (χ1v) is 12.6. The summed E-state index contributed by atoms with van der Waals surface area (Å²) in [6.45, 7) is 15.9. The van der Waals surface area contributed by atoms with Gasteiger partial charge in [0.25, 0.3) is 0 Å². The van der Waals surface area contributed by atoms with E-state index >= 15 is 0 Å². The molecule has 4 atom stereocenters. The van der Waals surface area contributed by atoms with Crippen molar-refractivity contribution < 1.29 is 58.2 Å². The molecule has 202 valence electrons. The molecule has 0 spiro atoms. The number of rotatable bonds is 7. The summed E-state index contributed by atoms with van der Waals surface area (Å²) >= 11 is 0. The Morgan fingerprint density at radius 1 is 1.23 bits per heavy atom. The standard InChI is InChI=1S/C29H34N3O6.Na/c1-8-19-14-29(19,18(4)34)31-26(35)24-12-20(15-32(24)27(36)38-28(5,6)7)37-25-13-22(17(3)33)30-23-11-16(2)9-10-21(23)25;/h8-11,13,19-20,24H,1,3,12,14-15H2,2,4-7H3,(H,31,35);/q-1;+1/t19-,20-,24+,29+;/m1./s1. The second-order valence-corrected chi connectivity index (χ2v) is 11.1. The van der Waals surface area contributed by atoms with Crippen molar-refractivity contribution in [3.63, 3.8) is 0 Å². The maximum Gasteiger partial charge on any atom is 1.00 e. The van der Waals surface area contributed by atoms with Crippen molar-refractivity contribution in [1.29, 1.82) is 0 Å². The van der Waals surface area contributed by atoms with Crippen LogP contribution in [0.15, 0.2) is 36.9 Å². The molecule has 1 N–H and O–H groups in total. The average molecular weight is 544 g/mol. The predicted molar refractivity (Wildman–Crippen MR) is 142 cm³/mol. The van der Waals surface area contributed by atoms with E-state index in [4.69, 9.17) is 9.47 Å². The van der Waals surface area contributed by atoms with Gasteiger partial charge in [-0.1, -0.05) is 18.2 Å². The molecule has 1 aliphatic carbocycles. The number of likely N-dealkylation sites (tertiary alicyclic amines) is 1. The minimum Gasteiger partial charge on any atom is -0.489 e. The number of pyridine rings is 1. The van der Waals surface area contributed by atoms with E-state index in [1.807, 2.05) is 25.1 Å². The van der Waals surface area contributed by atoms with Crippen LogP contribution in [0.3, 0.4) is 0 Å².